The van der Waals surface area contributed by atoms with Crippen LogP contribution in [0.4, 0.5) is 0 Å². The Morgan fingerprint density at radius 3 is 3.11 bits per heavy atom. The molecule has 0 radical (unpaired) electrons. The lowest BCUT2D eigenvalue weighted by molar-refractivity contribution is 0.296. The highest BCUT2D eigenvalue weighted by molar-refractivity contribution is 9.10. The number of benzene rings is 1. The molecule has 3 nitrogen and oxygen atoms in total. The molecule has 0 fully saturated rings. The molecule has 0 atom stereocenters. The fourth-order valence-electron chi connectivity index (χ4n) is 2.11. The Morgan fingerprint density at radius 1 is 1.37 bits per heavy atom. The summed E-state index contributed by atoms with van der Waals surface area (Å²) in [5, 5.41) is 12.1. The van der Waals surface area contributed by atoms with Crippen molar-refractivity contribution in [3.63, 3.8) is 0 Å². The molecule has 2 N–H and O–H groups in total. The van der Waals surface area contributed by atoms with Gasteiger partial charge in [-0.25, -0.2) is 0 Å². The van der Waals surface area contributed by atoms with E-state index in [1.165, 1.54) is 11.1 Å². The number of thioether (sulfide) groups is 1. The van der Waals surface area contributed by atoms with Gasteiger partial charge in [0, 0.05) is 41.9 Å². The zero-order valence-electron chi connectivity index (χ0n) is 11.0. The molecule has 0 amide bonds. The molecular formula is C14H20BrNO2S. The molecule has 19 heavy (non-hydrogen) atoms. The number of rotatable bonds is 8. The second-order valence-electron chi connectivity index (χ2n) is 4.52. The maximum absolute atomic E-state index is 8.69. The summed E-state index contributed by atoms with van der Waals surface area (Å²) in [7, 11) is 0. The Hall–Kier alpha value is -0.230. The maximum Gasteiger partial charge on any atom is 0.127 e. The quantitative estimate of drug-likeness (QED) is 0.710. The van der Waals surface area contributed by atoms with Crippen LogP contribution in [-0.2, 0) is 13.0 Å². The highest BCUT2D eigenvalue weighted by Gasteiger charge is 2.16. The largest absolute Gasteiger partial charge is 0.493 e. The number of aliphatic hydroxyl groups is 1. The van der Waals surface area contributed by atoms with Crippen LogP contribution in [0.5, 0.6) is 5.75 Å². The van der Waals surface area contributed by atoms with Crippen molar-refractivity contribution in [3.8, 4) is 5.75 Å². The third-order valence-corrected chi connectivity index (χ3v) is 4.54. The van der Waals surface area contributed by atoms with E-state index in [-0.39, 0.29) is 0 Å². The first-order chi connectivity index (χ1) is 9.31. The monoisotopic (exact) mass is 345 g/mol. The summed E-state index contributed by atoms with van der Waals surface area (Å²) in [6.07, 6.45) is 1.90. The average molecular weight is 346 g/mol. The van der Waals surface area contributed by atoms with Crippen molar-refractivity contribution in [1.29, 1.82) is 0 Å². The highest BCUT2D eigenvalue weighted by Crippen LogP contribution is 2.32. The Bertz CT molecular complexity index is 415. The molecule has 1 heterocycles. The summed E-state index contributed by atoms with van der Waals surface area (Å²) in [4.78, 5) is 0. The Kier molecular flexibility index (Phi) is 6.50. The van der Waals surface area contributed by atoms with Crippen LogP contribution >= 0.6 is 27.7 Å². The van der Waals surface area contributed by atoms with Crippen molar-refractivity contribution in [2.45, 2.75) is 19.4 Å². The zero-order valence-corrected chi connectivity index (χ0v) is 13.4. The highest BCUT2D eigenvalue weighted by atomic mass is 79.9. The first-order valence-corrected chi connectivity index (χ1v) is 8.59. The molecule has 1 aromatic carbocycles. The van der Waals surface area contributed by atoms with Crippen molar-refractivity contribution in [3.05, 3.63) is 27.7 Å². The second-order valence-corrected chi connectivity index (χ2v) is 6.66. The van der Waals surface area contributed by atoms with E-state index in [0.717, 1.165) is 54.3 Å². The summed E-state index contributed by atoms with van der Waals surface area (Å²) in [6, 6.07) is 4.28. The maximum atomic E-state index is 8.69. The van der Waals surface area contributed by atoms with Gasteiger partial charge in [-0.2, -0.15) is 11.8 Å². The van der Waals surface area contributed by atoms with E-state index in [9.17, 15) is 0 Å². The van der Waals surface area contributed by atoms with Gasteiger partial charge >= 0.3 is 0 Å². The van der Waals surface area contributed by atoms with Crippen molar-refractivity contribution in [1.82, 2.24) is 5.32 Å². The van der Waals surface area contributed by atoms with Gasteiger partial charge in [-0.1, -0.05) is 15.9 Å². The van der Waals surface area contributed by atoms with Gasteiger partial charge in [-0.3, -0.25) is 0 Å². The van der Waals surface area contributed by atoms with Crippen molar-refractivity contribution in [2.24, 2.45) is 0 Å². The van der Waals surface area contributed by atoms with Crippen molar-refractivity contribution < 1.29 is 9.84 Å². The summed E-state index contributed by atoms with van der Waals surface area (Å²) in [5.74, 6) is 3.19. The van der Waals surface area contributed by atoms with Gasteiger partial charge in [0.2, 0.25) is 0 Å². The van der Waals surface area contributed by atoms with Crippen molar-refractivity contribution >= 4 is 27.7 Å². The van der Waals surface area contributed by atoms with E-state index in [1.807, 2.05) is 11.8 Å². The summed E-state index contributed by atoms with van der Waals surface area (Å²) in [5.41, 5.74) is 2.55. The lowest BCUT2D eigenvalue weighted by Gasteiger charge is -2.10. The van der Waals surface area contributed by atoms with Crippen LogP contribution < -0.4 is 10.1 Å². The molecule has 0 saturated heterocycles. The fourth-order valence-corrected chi connectivity index (χ4v) is 3.49. The molecule has 0 aromatic heterocycles. The number of fused-ring (bicyclic) bond motifs is 1. The van der Waals surface area contributed by atoms with Crippen LogP contribution in [0.15, 0.2) is 16.6 Å². The fraction of sp³-hybridized carbons (Fsp3) is 0.571. The van der Waals surface area contributed by atoms with Crippen LogP contribution in [0.3, 0.4) is 0 Å². The second kappa shape index (κ2) is 8.15. The van der Waals surface area contributed by atoms with Crippen LogP contribution in [0, 0.1) is 0 Å². The summed E-state index contributed by atoms with van der Waals surface area (Å²) in [6.45, 7) is 2.93. The number of nitrogens with one attached hydrogen (secondary N) is 1. The van der Waals surface area contributed by atoms with Gasteiger partial charge in [0.05, 0.1) is 6.61 Å². The molecule has 0 saturated carbocycles. The molecule has 5 heteroatoms. The van der Waals surface area contributed by atoms with E-state index in [2.05, 4.69) is 33.4 Å². The first kappa shape index (κ1) is 15.2. The predicted molar refractivity (Wildman–Crippen MR) is 84.1 cm³/mol. The molecule has 0 spiro atoms. The van der Waals surface area contributed by atoms with Gasteiger partial charge in [0.1, 0.15) is 5.75 Å². The van der Waals surface area contributed by atoms with Gasteiger partial charge in [0.25, 0.3) is 0 Å². The number of hydrogen-bond donors (Lipinski definition) is 2. The Morgan fingerprint density at radius 2 is 2.26 bits per heavy atom. The molecule has 1 aromatic rings. The smallest absolute Gasteiger partial charge is 0.127 e. The zero-order chi connectivity index (χ0) is 13.5. The van der Waals surface area contributed by atoms with Gasteiger partial charge in [0.15, 0.2) is 0 Å². The summed E-state index contributed by atoms with van der Waals surface area (Å²) >= 11 is 5.43. The lowest BCUT2D eigenvalue weighted by Crippen LogP contribution is -2.17. The molecule has 0 bridgehead atoms. The molecule has 2 rings (SSSR count). The van der Waals surface area contributed by atoms with Crippen molar-refractivity contribution in [2.75, 3.05) is 31.3 Å². The number of ether oxygens (including phenoxy) is 1. The van der Waals surface area contributed by atoms with E-state index >= 15 is 0 Å². The third kappa shape index (κ3) is 4.67. The van der Waals surface area contributed by atoms with Crippen LogP contribution in [0.25, 0.3) is 0 Å². The molecule has 106 valence electrons. The Balaban J connectivity index is 1.74. The number of hydrogen-bond acceptors (Lipinski definition) is 4. The molecular weight excluding hydrogens is 326 g/mol. The molecule has 0 unspecified atom stereocenters. The minimum absolute atomic E-state index is 0.294. The van der Waals surface area contributed by atoms with E-state index in [4.69, 9.17) is 9.84 Å². The minimum Gasteiger partial charge on any atom is -0.493 e. The third-order valence-electron chi connectivity index (χ3n) is 3.01. The summed E-state index contributed by atoms with van der Waals surface area (Å²) < 4.78 is 6.83. The van der Waals surface area contributed by atoms with Gasteiger partial charge in [-0.15, -0.1) is 0 Å². The standard InChI is InChI=1S/C14H20BrNO2S/c15-13-8-11-2-5-18-14(11)12(9-13)10-16-3-7-19-6-1-4-17/h8-9,16-17H,1-7,10H2. The number of aliphatic hydroxyl groups excluding tert-OH is 1. The van der Waals surface area contributed by atoms with Gasteiger partial charge < -0.3 is 15.2 Å². The molecule has 0 aliphatic carbocycles. The first-order valence-electron chi connectivity index (χ1n) is 6.64. The minimum atomic E-state index is 0.294. The molecule has 1 aliphatic rings. The van der Waals surface area contributed by atoms with Gasteiger partial charge in [-0.05, 0) is 29.9 Å². The van der Waals surface area contributed by atoms with E-state index in [1.54, 1.807) is 0 Å². The average Bonchev–Trinajstić information content (AvgIpc) is 2.85. The molecule has 1 aliphatic heterocycles. The van der Waals surface area contributed by atoms with Crippen LogP contribution in [0.1, 0.15) is 17.5 Å². The SMILES string of the molecule is OCCCSCCNCc1cc(Br)cc2c1OCC2. The van der Waals surface area contributed by atoms with Crippen LogP contribution in [0.2, 0.25) is 0 Å². The lowest BCUT2D eigenvalue weighted by atomic mass is 10.1. The van der Waals surface area contributed by atoms with Crippen LogP contribution in [-0.4, -0.2) is 36.4 Å². The topological polar surface area (TPSA) is 41.5 Å². The predicted octanol–water partition coefficient (Wildman–Crippen LogP) is 2.59. The normalized spacial score (nSPS) is 13.4. The number of halogens is 1. The van der Waals surface area contributed by atoms with E-state index in [0.29, 0.717) is 6.61 Å². The Labute approximate surface area is 127 Å². The van der Waals surface area contributed by atoms with E-state index < -0.39 is 0 Å².